The summed E-state index contributed by atoms with van der Waals surface area (Å²) in [6.07, 6.45) is 3.48. The van der Waals surface area contributed by atoms with Gasteiger partial charge in [-0.15, -0.1) is 24.0 Å². The van der Waals surface area contributed by atoms with Crippen LogP contribution in [0.2, 0.25) is 0 Å². The Balaban J connectivity index is 0.00000529. The third-order valence-electron chi connectivity index (χ3n) is 3.56. The average Bonchev–Trinajstić information content (AvgIpc) is 2.42. The van der Waals surface area contributed by atoms with Crippen molar-refractivity contribution < 1.29 is 13.2 Å². The lowest BCUT2D eigenvalue weighted by molar-refractivity contribution is 0.0263. The topological polar surface area (TPSA) is 83.0 Å². The van der Waals surface area contributed by atoms with E-state index in [0.29, 0.717) is 12.6 Å². The third-order valence-corrected chi connectivity index (χ3v) is 4.49. The summed E-state index contributed by atoms with van der Waals surface area (Å²) in [6, 6.07) is 0. The maximum atomic E-state index is 11.4. The molecule has 0 radical (unpaired) electrons. The molecule has 0 amide bonds. The second kappa shape index (κ2) is 10.8. The van der Waals surface area contributed by atoms with Crippen LogP contribution in [-0.4, -0.2) is 70.0 Å². The summed E-state index contributed by atoms with van der Waals surface area (Å²) in [7, 11) is -3.25. The van der Waals surface area contributed by atoms with Crippen LogP contribution < -0.4 is 10.0 Å². The highest BCUT2D eigenvalue weighted by Gasteiger charge is 2.24. The van der Waals surface area contributed by atoms with Gasteiger partial charge in [0.2, 0.25) is 10.0 Å². The van der Waals surface area contributed by atoms with Crippen molar-refractivity contribution >= 4 is 40.0 Å². The molecule has 0 unspecified atom stereocenters. The zero-order valence-electron chi connectivity index (χ0n) is 15.5. The number of aliphatic imine (C=N–C) groups is 1. The molecule has 0 bridgehead atoms. The second-order valence-electron chi connectivity index (χ2n) is 6.57. The van der Waals surface area contributed by atoms with Crippen molar-refractivity contribution in [3.63, 3.8) is 0 Å². The van der Waals surface area contributed by atoms with E-state index < -0.39 is 15.6 Å². The first kappa shape index (κ1) is 23.9. The number of nitrogens with zero attached hydrogens (tertiary/aromatic N) is 2. The molecule has 0 saturated carbocycles. The number of hydrogen-bond acceptors (Lipinski definition) is 4. The van der Waals surface area contributed by atoms with E-state index in [1.165, 1.54) is 6.26 Å². The normalized spacial score (nSPS) is 17.5. The van der Waals surface area contributed by atoms with Gasteiger partial charge in [-0.25, -0.2) is 13.1 Å². The SMILES string of the molecule is CCNC(=NCC(C)(C)NS(C)(=O)=O)N1CCC(OCC)CC1.I. The first-order valence-corrected chi connectivity index (χ1v) is 10.2. The Morgan fingerprint density at radius 3 is 2.33 bits per heavy atom. The Morgan fingerprint density at radius 1 is 1.29 bits per heavy atom. The zero-order valence-corrected chi connectivity index (χ0v) is 18.6. The van der Waals surface area contributed by atoms with E-state index in [-0.39, 0.29) is 24.0 Å². The largest absolute Gasteiger partial charge is 0.378 e. The molecule has 0 spiro atoms. The number of rotatable bonds is 7. The number of hydrogen-bond donors (Lipinski definition) is 2. The summed E-state index contributed by atoms with van der Waals surface area (Å²) in [5.41, 5.74) is -0.613. The molecule has 24 heavy (non-hydrogen) atoms. The second-order valence-corrected chi connectivity index (χ2v) is 8.32. The molecule has 1 saturated heterocycles. The van der Waals surface area contributed by atoms with Crippen LogP contribution in [-0.2, 0) is 14.8 Å². The van der Waals surface area contributed by atoms with Crippen LogP contribution in [0.25, 0.3) is 0 Å². The third kappa shape index (κ3) is 9.38. The Labute approximate surface area is 164 Å². The lowest BCUT2D eigenvalue weighted by atomic mass is 10.1. The quantitative estimate of drug-likeness (QED) is 0.330. The minimum absolute atomic E-state index is 0. The van der Waals surface area contributed by atoms with Gasteiger partial charge in [-0.2, -0.15) is 0 Å². The van der Waals surface area contributed by atoms with E-state index in [1.807, 2.05) is 27.7 Å². The van der Waals surface area contributed by atoms with Crippen LogP contribution in [0.15, 0.2) is 4.99 Å². The molecular weight excluding hydrogens is 443 g/mol. The predicted molar refractivity (Wildman–Crippen MR) is 110 cm³/mol. The van der Waals surface area contributed by atoms with Crippen LogP contribution in [0.4, 0.5) is 0 Å². The highest BCUT2D eigenvalue weighted by Crippen LogP contribution is 2.14. The number of guanidine groups is 1. The molecule has 1 aliphatic heterocycles. The van der Waals surface area contributed by atoms with E-state index in [2.05, 4.69) is 19.9 Å². The van der Waals surface area contributed by atoms with E-state index >= 15 is 0 Å². The number of nitrogens with one attached hydrogen (secondary N) is 2. The van der Waals surface area contributed by atoms with Crippen molar-refractivity contribution in [3.8, 4) is 0 Å². The molecule has 144 valence electrons. The number of sulfonamides is 1. The van der Waals surface area contributed by atoms with Crippen molar-refractivity contribution in [3.05, 3.63) is 0 Å². The van der Waals surface area contributed by atoms with Crippen LogP contribution in [0.3, 0.4) is 0 Å². The van der Waals surface area contributed by atoms with E-state index in [9.17, 15) is 8.42 Å². The standard InChI is InChI=1S/C15H32N4O3S.HI/c1-6-16-14(17-12-15(3,4)18-23(5,20)21)19-10-8-13(9-11-19)22-7-2;/h13,18H,6-12H2,1-5H3,(H,16,17);1H. The van der Waals surface area contributed by atoms with Crippen LogP contribution >= 0.6 is 24.0 Å². The van der Waals surface area contributed by atoms with Gasteiger partial charge < -0.3 is 15.0 Å². The van der Waals surface area contributed by atoms with Crippen molar-refractivity contribution in [2.24, 2.45) is 4.99 Å². The van der Waals surface area contributed by atoms with Gasteiger partial charge in [0.05, 0.1) is 18.9 Å². The molecule has 0 aromatic carbocycles. The van der Waals surface area contributed by atoms with Crippen LogP contribution in [0, 0.1) is 0 Å². The fraction of sp³-hybridized carbons (Fsp3) is 0.933. The molecule has 0 aromatic rings. The Bertz CT molecular complexity index is 489. The van der Waals surface area contributed by atoms with Crippen molar-refractivity contribution in [1.82, 2.24) is 14.9 Å². The summed E-state index contributed by atoms with van der Waals surface area (Å²) >= 11 is 0. The lowest BCUT2D eigenvalue weighted by Gasteiger charge is -2.34. The average molecular weight is 476 g/mol. The van der Waals surface area contributed by atoms with E-state index in [4.69, 9.17) is 4.74 Å². The van der Waals surface area contributed by atoms with E-state index in [1.54, 1.807) is 0 Å². The summed E-state index contributed by atoms with van der Waals surface area (Å²) < 4.78 is 31.1. The lowest BCUT2D eigenvalue weighted by Crippen LogP contribution is -2.49. The molecule has 1 aliphatic rings. The Hall–Kier alpha value is -0.130. The van der Waals surface area contributed by atoms with Gasteiger partial charge in [0.25, 0.3) is 0 Å². The Kier molecular flexibility index (Phi) is 10.7. The fourth-order valence-electron chi connectivity index (χ4n) is 2.70. The maximum absolute atomic E-state index is 11.4. The number of halogens is 1. The molecule has 0 atom stereocenters. The predicted octanol–water partition coefficient (Wildman–Crippen LogP) is 1.40. The van der Waals surface area contributed by atoms with Crippen LogP contribution in [0.5, 0.6) is 0 Å². The monoisotopic (exact) mass is 476 g/mol. The summed E-state index contributed by atoms with van der Waals surface area (Å²) in [5, 5.41) is 3.29. The van der Waals surface area contributed by atoms with E-state index in [0.717, 1.165) is 45.0 Å². The molecule has 1 rings (SSSR count). The van der Waals surface area contributed by atoms with Gasteiger partial charge in [0.15, 0.2) is 5.96 Å². The molecule has 7 nitrogen and oxygen atoms in total. The molecular formula is C15H33IN4O3S. The van der Waals surface area contributed by atoms with Gasteiger partial charge in [0.1, 0.15) is 0 Å². The van der Waals surface area contributed by atoms with Gasteiger partial charge in [0, 0.05) is 31.8 Å². The summed E-state index contributed by atoms with van der Waals surface area (Å²) in [6.45, 7) is 11.4. The zero-order chi connectivity index (χ0) is 17.5. The minimum atomic E-state index is -3.25. The first-order chi connectivity index (χ1) is 10.7. The fourth-order valence-corrected chi connectivity index (χ4v) is 3.77. The molecule has 0 aliphatic carbocycles. The number of piperidine rings is 1. The number of likely N-dealkylation sites (tertiary alicyclic amines) is 1. The molecule has 2 N–H and O–H groups in total. The maximum Gasteiger partial charge on any atom is 0.209 e. The van der Waals surface area contributed by atoms with Crippen molar-refractivity contribution in [1.29, 1.82) is 0 Å². The van der Waals surface area contributed by atoms with Gasteiger partial charge in [-0.05, 0) is 40.5 Å². The highest BCUT2D eigenvalue weighted by atomic mass is 127. The van der Waals surface area contributed by atoms with Gasteiger partial charge >= 0.3 is 0 Å². The Morgan fingerprint density at radius 2 is 1.88 bits per heavy atom. The van der Waals surface area contributed by atoms with Crippen LogP contribution in [0.1, 0.15) is 40.5 Å². The van der Waals surface area contributed by atoms with Gasteiger partial charge in [-0.1, -0.05) is 0 Å². The first-order valence-electron chi connectivity index (χ1n) is 8.30. The summed E-state index contributed by atoms with van der Waals surface area (Å²) in [4.78, 5) is 6.85. The van der Waals surface area contributed by atoms with Gasteiger partial charge in [-0.3, -0.25) is 4.99 Å². The minimum Gasteiger partial charge on any atom is -0.378 e. The summed E-state index contributed by atoms with van der Waals surface area (Å²) in [5.74, 6) is 0.839. The smallest absolute Gasteiger partial charge is 0.209 e. The number of ether oxygens (including phenoxy) is 1. The molecule has 1 fully saturated rings. The van der Waals surface area contributed by atoms with Crippen molar-refractivity contribution in [2.45, 2.75) is 52.2 Å². The van der Waals surface area contributed by atoms with Crippen molar-refractivity contribution in [2.75, 3.05) is 39.0 Å². The molecule has 9 heteroatoms. The molecule has 0 aromatic heterocycles. The molecule has 1 heterocycles. The highest BCUT2D eigenvalue weighted by molar-refractivity contribution is 14.0.